The smallest absolute Gasteiger partial charge is 0.162 e. The molecule has 2 aromatic carbocycles. The molecule has 0 unspecified atom stereocenters. The van der Waals surface area contributed by atoms with Crippen LogP contribution in [-0.4, -0.2) is 13.2 Å². The molecule has 0 aliphatic rings. The lowest BCUT2D eigenvalue weighted by Gasteiger charge is -2.15. The first-order valence-electron chi connectivity index (χ1n) is 7.63. The number of anilines is 1. The lowest BCUT2D eigenvalue weighted by atomic mass is 10.1. The van der Waals surface area contributed by atoms with E-state index in [2.05, 4.69) is 51.2 Å². The van der Waals surface area contributed by atoms with Crippen LogP contribution in [0, 0.1) is 13.8 Å². The van der Waals surface area contributed by atoms with E-state index < -0.39 is 0 Å². The first-order valence-corrected chi connectivity index (χ1v) is 7.63. The molecular formula is C19H25NO2. The highest BCUT2D eigenvalue weighted by Crippen LogP contribution is 2.31. The number of nitrogens with one attached hydrogen (secondary N) is 1. The maximum Gasteiger partial charge on any atom is 0.162 e. The molecule has 3 nitrogen and oxygen atoms in total. The molecule has 0 spiro atoms. The van der Waals surface area contributed by atoms with Crippen LogP contribution in [-0.2, 0) is 6.61 Å². The van der Waals surface area contributed by atoms with E-state index in [9.17, 15) is 0 Å². The zero-order valence-electron chi connectivity index (χ0n) is 14.1. The highest BCUT2D eigenvalue weighted by atomic mass is 16.5. The third-order valence-corrected chi connectivity index (χ3v) is 3.51. The van der Waals surface area contributed by atoms with Crippen molar-refractivity contribution in [3.63, 3.8) is 0 Å². The summed E-state index contributed by atoms with van der Waals surface area (Å²) >= 11 is 0. The molecule has 0 aliphatic carbocycles. The number of hydrogen-bond donors (Lipinski definition) is 1. The van der Waals surface area contributed by atoms with E-state index in [4.69, 9.17) is 9.47 Å². The Kier molecular flexibility index (Phi) is 5.31. The van der Waals surface area contributed by atoms with Crippen LogP contribution in [0.25, 0.3) is 0 Å². The molecule has 3 heteroatoms. The predicted molar refractivity (Wildman–Crippen MR) is 92.0 cm³/mol. The van der Waals surface area contributed by atoms with Gasteiger partial charge < -0.3 is 14.8 Å². The molecule has 0 bridgehead atoms. The summed E-state index contributed by atoms with van der Waals surface area (Å²) in [6.07, 6.45) is 0. The second-order valence-electron chi connectivity index (χ2n) is 5.88. The van der Waals surface area contributed by atoms with Crippen molar-refractivity contribution in [2.75, 3.05) is 12.4 Å². The summed E-state index contributed by atoms with van der Waals surface area (Å²) in [6, 6.07) is 12.7. The number of rotatable bonds is 6. The van der Waals surface area contributed by atoms with Crippen LogP contribution in [0.15, 0.2) is 36.4 Å². The molecule has 0 heterocycles. The minimum absolute atomic E-state index is 0.381. The quantitative estimate of drug-likeness (QED) is 0.838. The van der Waals surface area contributed by atoms with Crippen LogP contribution in [0.2, 0.25) is 0 Å². The molecule has 0 saturated heterocycles. The van der Waals surface area contributed by atoms with Gasteiger partial charge >= 0.3 is 0 Å². The number of benzene rings is 2. The fourth-order valence-electron chi connectivity index (χ4n) is 2.32. The minimum atomic E-state index is 0.381. The summed E-state index contributed by atoms with van der Waals surface area (Å²) < 4.78 is 11.4. The molecule has 2 aromatic rings. The number of aryl methyl sites for hydroxylation is 2. The molecule has 22 heavy (non-hydrogen) atoms. The summed E-state index contributed by atoms with van der Waals surface area (Å²) in [5.74, 6) is 1.51. The van der Waals surface area contributed by atoms with Gasteiger partial charge in [-0.2, -0.15) is 0 Å². The van der Waals surface area contributed by atoms with E-state index in [0.29, 0.717) is 12.6 Å². The summed E-state index contributed by atoms with van der Waals surface area (Å²) in [5.41, 5.74) is 4.72. The van der Waals surface area contributed by atoms with Gasteiger partial charge in [-0.15, -0.1) is 0 Å². The average molecular weight is 299 g/mol. The average Bonchev–Trinajstić information content (AvgIpc) is 2.48. The molecule has 0 saturated carbocycles. The van der Waals surface area contributed by atoms with E-state index in [-0.39, 0.29) is 0 Å². The fourth-order valence-corrected chi connectivity index (χ4v) is 2.32. The van der Waals surface area contributed by atoms with E-state index in [1.165, 1.54) is 16.7 Å². The molecule has 0 aliphatic heterocycles. The summed E-state index contributed by atoms with van der Waals surface area (Å²) in [5, 5.41) is 3.36. The normalized spacial score (nSPS) is 10.6. The number of ether oxygens (including phenoxy) is 2. The zero-order valence-corrected chi connectivity index (χ0v) is 14.1. The Balaban J connectivity index is 2.13. The molecule has 0 aromatic heterocycles. The van der Waals surface area contributed by atoms with Gasteiger partial charge in [-0.25, -0.2) is 0 Å². The largest absolute Gasteiger partial charge is 0.493 e. The van der Waals surface area contributed by atoms with Gasteiger partial charge in [-0.05, 0) is 51.0 Å². The second-order valence-corrected chi connectivity index (χ2v) is 5.88. The lowest BCUT2D eigenvalue weighted by molar-refractivity contribution is 0.284. The lowest BCUT2D eigenvalue weighted by Crippen LogP contribution is -2.09. The van der Waals surface area contributed by atoms with Crippen molar-refractivity contribution < 1.29 is 9.47 Å². The van der Waals surface area contributed by atoms with Gasteiger partial charge in [0.25, 0.3) is 0 Å². The Hall–Kier alpha value is -2.16. The Morgan fingerprint density at radius 3 is 2.45 bits per heavy atom. The second kappa shape index (κ2) is 7.21. The van der Waals surface area contributed by atoms with Crippen LogP contribution < -0.4 is 14.8 Å². The van der Waals surface area contributed by atoms with E-state index in [0.717, 1.165) is 17.2 Å². The molecule has 1 N–H and O–H groups in total. The molecule has 118 valence electrons. The first kappa shape index (κ1) is 16.2. The highest BCUT2D eigenvalue weighted by Gasteiger charge is 2.08. The summed E-state index contributed by atoms with van der Waals surface area (Å²) in [6.45, 7) is 8.95. The Labute approximate surface area is 133 Å². The van der Waals surface area contributed by atoms with Gasteiger partial charge in [0.05, 0.1) is 7.11 Å². The van der Waals surface area contributed by atoms with Crippen LogP contribution in [0.4, 0.5) is 5.69 Å². The number of hydrogen-bond acceptors (Lipinski definition) is 3. The summed E-state index contributed by atoms with van der Waals surface area (Å²) in [7, 11) is 1.67. The Morgan fingerprint density at radius 1 is 1.00 bits per heavy atom. The molecule has 2 rings (SSSR count). The van der Waals surface area contributed by atoms with E-state index in [1.807, 2.05) is 18.2 Å². The first-order chi connectivity index (χ1) is 10.5. The van der Waals surface area contributed by atoms with Gasteiger partial charge in [-0.1, -0.05) is 23.8 Å². The third-order valence-electron chi connectivity index (χ3n) is 3.51. The van der Waals surface area contributed by atoms with Crippen molar-refractivity contribution in [3.8, 4) is 11.5 Å². The van der Waals surface area contributed by atoms with Gasteiger partial charge in [-0.3, -0.25) is 0 Å². The predicted octanol–water partition coefficient (Wildman–Crippen LogP) is 4.71. The van der Waals surface area contributed by atoms with Gasteiger partial charge in [0.2, 0.25) is 0 Å². The molecule has 0 atom stereocenters. The highest BCUT2D eigenvalue weighted by molar-refractivity contribution is 5.55. The van der Waals surface area contributed by atoms with Crippen molar-refractivity contribution in [3.05, 3.63) is 53.1 Å². The Morgan fingerprint density at radius 2 is 1.77 bits per heavy atom. The molecule has 0 radical (unpaired) electrons. The van der Waals surface area contributed by atoms with Crippen molar-refractivity contribution >= 4 is 5.69 Å². The third kappa shape index (κ3) is 4.17. The zero-order chi connectivity index (χ0) is 16.1. The molecule has 0 fully saturated rings. The van der Waals surface area contributed by atoms with Crippen molar-refractivity contribution in [1.82, 2.24) is 0 Å². The molecular weight excluding hydrogens is 274 g/mol. The SMILES string of the molecule is COc1cc(NC(C)C)ccc1OCc1cc(C)ccc1C. The van der Waals surface area contributed by atoms with Gasteiger partial charge in [0, 0.05) is 17.8 Å². The molecule has 0 amide bonds. The van der Waals surface area contributed by atoms with E-state index in [1.54, 1.807) is 7.11 Å². The Bertz CT molecular complexity index is 635. The van der Waals surface area contributed by atoms with E-state index >= 15 is 0 Å². The summed E-state index contributed by atoms with van der Waals surface area (Å²) in [4.78, 5) is 0. The van der Waals surface area contributed by atoms with Crippen LogP contribution in [0.3, 0.4) is 0 Å². The van der Waals surface area contributed by atoms with Gasteiger partial charge in [0.15, 0.2) is 11.5 Å². The maximum absolute atomic E-state index is 5.96. The van der Waals surface area contributed by atoms with Crippen LogP contribution >= 0.6 is 0 Å². The topological polar surface area (TPSA) is 30.5 Å². The number of methoxy groups -OCH3 is 1. The monoisotopic (exact) mass is 299 g/mol. The maximum atomic E-state index is 5.96. The van der Waals surface area contributed by atoms with Crippen LogP contribution in [0.1, 0.15) is 30.5 Å². The van der Waals surface area contributed by atoms with Crippen molar-refractivity contribution in [1.29, 1.82) is 0 Å². The van der Waals surface area contributed by atoms with Crippen LogP contribution in [0.5, 0.6) is 11.5 Å². The van der Waals surface area contributed by atoms with Crippen molar-refractivity contribution in [2.24, 2.45) is 0 Å². The standard InChI is InChI=1S/C19H25NO2/c1-13(2)20-17-8-9-18(19(11-17)21-5)22-12-16-10-14(3)6-7-15(16)4/h6-11,13,20H,12H2,1-5H3. The van der Waals surface area contributed by atoms with Crippen molar-refractivity contribution in [2.45, 2.75) is 40.3 Å². The fraction of sp³-hybridized carbons (Fsp3) is 0.368. The minimum Gasteiger partial charge on any atom is -0.493 e. The van der Waals surface area contributed by atoms with Gasteiger partial charge in [0.1, 0.15) is 6.61 Å².